The SMILES string of the molecule is C#CCCCCCCCN(C(=O)OC(C)(C)C)C(=O)OC(C)(C)C.C#CCCCCCCCO.C#CCCCCCCCOS(C)(=O)=O.CC(C)(C)OC(=O)NC(=O)OC(C)(C)C. The van der Waals surface area contributed by atoms with Gasteiger partial charge in [-0.15, -0.1) is 37.0 Å². The predicted molar refractivity (Wildman–Crippen MR) is 252 cm³/mol. The topological polar surface area (TPSA) is 184 Å². The van der Waals surface area contributed by atoms with Crippen LogP contribution in [0.1, 0.15) is 199 Å². The third-order valence-electron chi connectivity index (χ3n) is 7.17. The molecule has 0 aromatic carbocycles. The Kier molecular flexibility index (Phi) is 39.0. The predicted octanol–water partition coefficient (Wildman–Crippen LogP) is 11.5. The van der Waals surface area contributed by atoms with E-state index in [0.29, 0.717) is 26.2 Å². The van der Waals surface area contributed by atoms with Gasteiger partial charge in [0.15, 0.2) is 0 Å². The Balaban J connectivity index is -0.000000388. The first-order valence-corrected chi connectivity index (χ1v) is 24.0. The van der Waals surface area contributed by atoms with Gasteiger partial charge in [0.05, 0.1) is 12.9 Å². The maximum absolute atomic E-state index is 12.3. The normalized spacial score (nSPS) is 11.2. The van der Waals surface area contributed by atoms with E-state index in [1.54, 1.807) is 83.1 Å². The van der Waals surface area contributed by atoms with Gasteiger partial charge in [-0.25, -0.2) is 29.4 Å². The zero-order valence-corrected chi connectivity index (χ0v) is 42.2. The van der Waals surface area contributed by atoms with Gasteiger partial charge in [0.25, 0.3) is 10.1 Å². The standard InChI is InChI=1S/C19H33NO4.C10H19NO4.C10H18O3S.C9H16O/c1-8-9-10-11-12-13-14-15-20(16(21)23-18(2,3)4)17(22)24-19(5,6)7;1-9(2,3)14-7(12)11-8(13)15-10(4,5)6;1-3-4-5-6-7-8-9-10-13-14(2,11)12;1-2-3-4-5-6-7-8-9-10/h1H,9-15H2,2-7H3;1-6H3,(H,11,12,13);1H,4-10H2,2H3;1,10H,3-9H2. The number of alkyl carbamates (subject to hydrolysis) is 2. The maximum atomic E-state index is 12.3. The van der Waals surface area contributed by atoms with Crippen LogP contribution in [-0.2, 0) is 33.2 Å². The number of hydrogen-bond donors (Lipinski definition) is 2. The fourth-order valence-corrected chi connectivity index (χ4v) is 4.97. The summed E-state index contributed by atoms with van der Waals surface area (Å²) in [5, 5.41) is 10.4. The number of aliphatic hydroxyl groups is 1. The highest BCUT2D eigenvalue weighted by Crippen LogP contribution is 2.16. The van der Waals surface area contributed by atoms with E-state index in [9.17, 15) is 27.6 Å². The van der Waals surface area contributed by atoms with E-state index in [1.165, 1.54) is 12.8 Å². The van der Waals surface area contributed by atoms with Crippen molar-refractivity contribution >= 4 is 34.5 Å². The minimum atomic E-state index is -3.25. The summed E-state index contributed by atoms with van der Waals surface area (Å²) in [5.41, 5.74) is -2.59. The summed E-state index contributed by atoms with van der Waals surface area (Å²) >= 11 is 0. The molecule has 366 valence electrons. The molecule has 0 aromatic rings. The average molecular weight is 915 g/mol. The van der Waals surface area contributed by atoms with E-state index < -0.39 is 56.9 Å². The van der Waals surface area contributed by atoms with Gasteiger partial charge in [0.1, 0.15) is 22.4 Å². The third-order valence-corrected chi connectivity index (χ3v) is 7.77. The van der Waals surface area contributed by atoms with Crippen LogP contribution in [0.4, 0.5) is 19.2 Å². The van der Waals surface area contributed by atoms with Crippen molar-refractivity contribution in [3.05, 3.63) is 0 Å². The fraction of sp³-hybridized carbons (Fsp3) is 0.792. The number of rotatable bonds is 21. The lowest BCUT2D eigenvalue weighted by Gasteiger charge is -2.28. The number of unbranched alkanes of at least 4 members (excludes halogenated alkanes) is 15. The van der Waals surface area contributed by atoms with Gasteiger partial charge >= 0.3 is 24.4 Å². The molecule has 63 heavy (non-hydrogen) atoms. The Morgan fingerprint density at radius 3 is 1.11 bits per heavy atom. The summed E-state index contributed by atoms with van der Waals surface area (Å²) in [5.74, 6) is 7.81. The highest BCUT2D eigenvalue weighted by Gasteiger charge is 2.30. The van der Waals surface area contributed by atoms with Gasteiger partial charge in [-0.3, -0.25) is 4.18 Å². The number of carbonyl (C=O) groups is 4. The zero-order valence-electron chi connectivity index (χ0n) is 41.4. The van der Waals surface area contributed by atoms with E-state index in [4.69, 9.17) is 43.3 Å². The monoisotopic (exact) mass is 915 g/mol. The molecule has 0 radical (unpaired) electrons. The number of ether oxygens (including phenoxy) is 4. The molecule has 4 amide bonds. The molecule has 0 saturated heterocycles. The highest BCUT2D eigenvalue weighted by atomic mass is 32.2. The molecule has 0 aromatic heterocycles. The molecule has 14 nitrogen and oxygen atoms in total. The van der Waals surface area contributed by atoms with Crippen molar-refractivity contribution in [3.63, 3.8) is 0 Å². The first-order valence-electron chi connectivity index (χ1n) is 22.2. The smallest absolute Gasteiger partial charge is 0.419 e. The van der Waals surface area contributed by atoms with Crippen molar-refractivity contribution < 1.29 is 55.8 Å². The lowest BCUT2D eigenvalue weighted by Crippen LogP contribution is -2.44. The minimum Gasteiger partial charge on any atom is -0.443 e. The van der Waals surface area contributed by atoms with Crippen molar-refractivity contribution in [1.82, 2.24) is 10.2 Å². The Bertz CT molecular complexity index is 1410. The van der Waals surface area contributed by atoms with Crippen molar-refractivity contribution in [2.75, 3.05) is 26.0 Å². The van der Waals surface area contributed by atoms with Gasteiger partial charge in [-0.2, -0.15) is 8.42 Å². The molecular weight excluding hydrogens is 829 g/mol. The molecule has 15 heteroatoms. The lowest BCUT2D eigenvalue weighted by atomic mass is 10.1. The van der Waals surface area contributed by atoms with Crippen molar-refractivity contribution in [2.45, 2.75) is 221 Å². The van der Waals surface area contributed by atoms with Crippen LogP contribution in [0.2, 0.25) is 0 Å². The summed E-state index contributed by atoms with van der Waals surface area (Å²) in [4.78, 5) is 47.8. The Hall–Kier alpha value is -3.97. The first-order chi connectivity index (χ1) is 28.9. The lowest BCUT2D eigenvalue weighted by molar-refractivity contribution is 0.00101. The molecule has 0 aliphatic carbocycles. The van der Waals surface area contributed by atoms with E-state index in [-0.39, 0.29) is 0 Å². The molecule has 0 unspecified atom stereocenters. The van der Waals surface area contributed by atoms with Gasteiger partial charge in [-0.05, 0) is 122 Å². The largest absolute Gasteiger partial charge is 0.443 e. The maximum Gasteiger partial charge on any atom is 0.419 e. The number of imide groups is 2. The van der Waals surface area contributed by atoms with E-state index in [0.717, 1.165) is 107 Å². The number of amides is 4. The molecule has 0 spiro atoms. The molecule has 2 N–H and O–H groups in total. The van der Waals surface area contributed by atoms with Crippen LogP contribution in [0.3, 0.4) is 0 Å². The molecule has 0 aliphatic rings. The highest BCUT2D eigenvalue weighted by molar-refractivity contribution is 7.85. The van der Waals surface area contributed by atoms with Crippen LogP contribution in [-0.4, -0.2) is 91.2 Å². The molecule has 0 atom stereocenters. The summed E-state index contributed by atoms with van der Waals surface area (Å²) < 4.78 is 46.1. The summed E-state index contributed by atoms with van der Waals surface area (Å²) in [6, 6.07) is 0. The van der Waals surface area contributed by atoms with Crippen molar-refractivity contribution in [2.24, 2.45) is 0 Å². The molecule has 0 saturated carbocycles. The van der Waals surface area contributed by atoms with Gasteiger partial charge in [-0.1, -0.05) is 57.8 Å². The number of nitrogens with one attached hydrogen (secondary N) is 1. The number of carbonyl (C=O) groups excluding carboxylic acids is 4. The van der Waals surface area contributed by atoms with Crippen LogP contribution in [0.25, 0.3) is 0 Å². The number of hydrogen-bond acceptors (Lipinski definition) is 12. The molecule has 0 aliphatic heterocycles. The molecular formula is C48H86N2O12S. The van der Waals surface area contributed by atoms with Gasteiger partial charge < -0.3 is 24.1 Å². The second kappa shape index (κ2) is 37.4. The zero-order chi connectivity index (χ0) is 49.6. The fourth-order valence-electron chi connectivity index (χ4n) is 4.55. The number of terminal acetylenes is 3. The second-order valence-corrected chi connectivity index (χ2v) is 20.3. The van der Waals surface area contributed by atoms with E-state index in [1.807, 2.05) is 5.32 Å². The summed E-state index contributed by atoms with van der Waals surface area (Å²) in [6.45, 7) is 21.8. The quantitative estimate of drug-likeness (QED) is 0.0481. The van der Waals surface area contributed by atoms with E-state index >= 15 is 0 Å². The third kappa shape index (κ3) is 60.2. The Labute approximate surface area is 383 Å². The van der Waals surface area contributed by atoms with Crippen LogP contribution >= 0.6 is 0 Å². The van der Waals surface area contributed by atoms with Gasteiger partial charge in [0.2, 0.25) is 0 Å². The molecule has 0 heterocycles. The van der Waals surface area contributed by atoms with Crippen LogP contribution in [0, 0.1) is 37.0 Å². The number of aliphatic hydroxyl groups excluding tert-OH is 1. The van der Waals surface area contributed by atoms with Crippen LogP contribution in [0.5, 0.6) is 0 Å². The number of nitrogens with zero attached hydrogens (tertiary/aromatic N) is 1. The van der Waals surface area contributed by atoms with Crippen molar-refractivity contribution in [1.29, 1.82) is 0 Å². The second-order valence-electron chi connectivity index (χ2n) is 18.7. The molecule has 0 fully saturated rings. The minimum absolute atomic E-state index is 0.291. The summed E-state index contributed by atoms with van der Waals surface area (Å²) in [7, 11) is -3.25. The Morgan fingerprint density at radius 2 is 0.810 bits per heavy atom. The van der Waals surface area contributed by atoms with Crippen molar-refractivity contribution in [3.8, 4) is 37.0 Å². The first kappa shape index (κ1) is 65.6. The molecule has 0 rings (SSSR count). The molecule has 0 bridgehead atoms. The van der Waals surface area contributed by atoms with Crippen LogP contribution in [0.15, 0.2) is 0 Å². The summed E-state index contributed by atoms with van der Waals surface area (Å²) in [6.07, 6.45) is 31.5. The van der Waals surface area contributed by atoms with Gasteiger partial charge in [0, 0.05) is 32.4 Å². The van der Waals surface area contributed by atoms with E-state index in [2.05, 4.69) is 21.9 Å². The van der Waals surface area contributed by atoms with Crippen LogP contribution < -0.4 is 5.32 Å². The Morgan fingerprint density at radius 1 is 0.508 bits per heavy atom. The average Bonchev–Trinajstić information content (AvgIpc) is 3.09.